The van der Waals surface area contributed by atoms with Gasteiger partial charge < -0.3 is 5.32 Å². The number of anilines is 2. The summed E-state index contributed by atoms with van der Waals surface area (Å²) >= 11 is 0. The Hall–Kier alpha value is -1.89. The summed E-state index contributed by atoms with van der Waals surface area (Å²) in [7, 11) is 2.17. The van der Waals surface area contributed by atoms with Crippen molar-refractivity contribution in [2.75, 3.05) is 18.9 Å². The summed E-state index contributed by atoms with van der Waals surface area (Å²) in [5, 5.41) is 16.8. The van der Waals surface area contributed by atoms with Gasteiger partial charge >= 0.3 is 0 Å². The Morgan fingerprint density at radius 3 is 2.71 bits per heavy atom. The third-order valence-electron chi connectivity index (χ3n) is 5.47. The fourth-order valence-corrected chi connectivity index (χ4v) is 4.10. The van der Waals surface area contributed by atoms with E-state index in [9.17, 15) is 0 Å². The molecule has 0 spiro atoms. The van der Waals surface area contributed by atoms with E-state index in [-0.39, 0.29) is 0 Å². The first-order valence-electron chi connectivity index (χ1n) is 9.20. The van der Waals surface area contributed by atoms with E-state index >= 15 is 0 Å². The monoisotopic (exact) mass is 329 g/mol. The van der Waals surface area contributed by atoms with E-state index in [0.29, 0.717) is 12.1 Å². The number of hydrogen-bond donors (Lipinski definition) is 1. The lowest BCUT2D eigenvalue weighted by molar-refractivity contribution is 0.298. The molecule has 0 amide bonds. The molecule has 1 saturated heterocycles. The average Bonchev–Trinajstić information content (AvgIpc) is 3.34. The van der Waals surface area contributed by atoms with Crippen LogP contribution < -0.4 is 5.32 Å². The predicted molar refractivity (Wildman–Crippen MR) is 93.3 cm³/mol. The van der Waals surface area contributed by atoms with Gasteiger partial charge in [-0.05, 0) is 46.2 Å². The molecule has 3 heterocycles. The second-order valence-corrected chi connectivity index (χ2v) is 7.04. The lowest BCUT2D eigenvalue weighted by atomic mass is 10.2. The third-order valence-corrected chi connectivity index (χ3v) is 5.47. The molecule has 1 aliphatic carbocycles. The molecule has 2 fully saturated rings. The highest BCUT2D eigenvalue weighted by Gasteiger charge is 2.28. The summed E-state index contributed by atoms with van der Waals surface area (Å²) in [4.78, 5) is 2.37. The van der Waals surface area contributed by atoms with Crippen LogP contribution >= 0.6 is 0 Å². The van der Waals surface area contributed by atoms with Crippen LogP contribution in [0, 0.1) is 0 Å². The molecular formula is C17H27N7. The van der Waals surface area contributed by atoms with Crippen LogP contribution in [0.4, 0.5) is 11.6 Å². The van der Waals surface area contributed by atoms with E-state index in [1.54, 1.807) is 0 Å². The molecular weight excluding hydrogens is 302 g/mol. The van der Waals surface area contributed by atoms with Gasteiger partial charge in [-0.15, -0.1) is 10.2 Å². The largest absolute Gasteiger partial charge is 0.322 e. The van der Waals surface area contributed by atoms with Crippen LogP contribution in [0.25, 0.3) is 0 Å². The summed E-state index contributed by atoms with van der Waals surface area (Å²) in [6.45, 7) is 4.15. The van der Waals surface area contributed by atoms with Crippen LogP contribution in [0.3, 0.4) is 0 Å². The Balaban J connectivity index is 1.53. The Kier molecular flexibility index (Phi) is 4.26. The minimum atomic E-state index is 0.384. The Labute approximate surface area is 143 Å². The van der Waals surface area contributed by atoms with Crippen molar-refractivity contribution in [3.8, 4) is 0 Å². The third kappa shape index (κ3) is 2.81. The van der Waals surface area contributed by atoms with Gasteiger partial charge in [0.1, 0.15) is 0 Å². The van der Waals surface area contributed by atoms with Crippen LogP contribution in [-0.2, 0) is 6.54 Å². The topological polar surface area (TPSA) is 63.8 Å². The maximum atomic E-state index is 4.53. The zero-order valence-electron chi connectivity index (χ0n) is 14.6. The molecule has 0 radical (unpaired) electrons. The summed E-state index contributed by atoms with van der Waals surface area (Å²) in [6, 6.07) is 0.946. The lowest BCUT2D eigenvalue weighted by Crippen LogP contribution is -2.21. The van der Waals surface area contributed by atoms with Gasteiger partial charge in [0.05, 0.1) is 24.0 Å². The summed E-state index contributed by atoms with van der Waals surface area (Å²) < 4.78 is 4.30. The number of rotatable bonds is 5. The Morgan fingerprint density at radius 2 is 2.00 bits per heavy atom. The zero-order valence-corrected chi connectivity index (χ0v) is 14.6. The maximum Gasteiger partial charge on any atom is 0.229 e. The zero-order chi connectivity index (χ0) is 16.5. The van der Waals surface area contributed by atoms with Crippen LogP contribution in [-0.4, -0.2) is 43.0 Å². The Bertz CT molecular complexity index is 683. The second-order valence-electron chi connectivity index (χ2n) is 7.04. The van der Waals surface area contributed by atoms with E-state index in [4.69, 9.17) is 0 Å². The highest BCUT2D eigenvalue weighted by Crippen LogP contribution is 2.32. The van der Waals surface area contributed by atoms with Crippen molar-refractivity contribution in [1.82, 2.24) is 29.4 Å². The van der Waals surface area contributed by atoms with Crippen molar-refractivity contribution < 1.29 is 0 Å². The van der Waals surface area contributed by atoms with Gasteiger partial charge in [0.2, 0.25) is 5.95 Å². The van der Waals surface area contributed by atoms with Crippen molar-refractivity contribution in [3.63, 3.8) is 0 Å². The standard InChI is InChI=1S/C17H27N7/c1-3-23-16(15-9-6-10-22(15)2)20-21-17(23)19-13-11-18-24(12-13)14-7-4-5-8-14/h11-12,14-15H,3-10H2,1-2H3,(H,19,21). The van der Waals surface area contributed by atoms with Gasteiger partial charge in [-0.25, -0.2) is 0 Å². The summed E-state index contributed by atoms with van der Waals surface area (Å²) in [5.41, 5.74) is 0.996. The lowest BCUT2D eigenvalue weighted by Gasteiger charge is -2.19. The number of nitrogens with one attached hydrogen (secondary N) is 1. The molecule has 2 aromatic heterocycles. The highest BCUT2D eigenvalue weighted by atomic mass is 15.4. The molecule has 1 N–H and O–H groups in total. The molecule has 7 heteroatoms. The van der Waals surface area contributed by atoms with Gasteiger partial charge in [0.25, 0.3) is 0 Å². The molecule has 0 aromatic carbocycles. The van der Waals surface area contributed by atoms with Crippen molar-refractivity contribution in [1.29, 1.82) is 0 Å². The van der Waals surface area contributed by atoms with E-state index in [2.05, 4.69) is 54.9 Å². The molecule has 130 valence electrons. The maximum absolute atomic E-state index is 4.53. The van der Waals surface area contributed by atoms with Gasteiger partial charge in [-0.2, -0.15) is 5.10 Å². The molecule has 1 aliphatic heterocycles. The van der Waals surface area contributed by atoms with Crippen molar-refractivity contribution in [2.45, 2.75) is 64.1 Å². The van der Waals surface area contributed by atoms with Gasteiger partial charge in [0, 0.05) is 12.7 Å². The number of nitrogens with zero attached hydrogens (tertiary/aromatic N) is 6. The quantitative estimate of drug-likeness (QED) is 0.913. The molecule has 2 aliphatic rings. The van der Waals surface area contributed by atoms with Crippen molar-refractivity contribution >= 4 is 11.6 Å². The first-order chi connectivity index (χ1) is 11.8. The first kappa shape index (κ1) is 15.6. The molecule has 4 rings (SSSR count). The first-order valence-corrected chi connectivity index (χ1v) is 9.20. The van der Waals surface area contributed by atoms with E-state index in [1.807, 2.05) is 6.20 Å². The second kappa shape index (κ2) is 6.55. The van der Waals surface area contributed by atoms with Crippen LogP contribution in [0.2, 0.25) is 0 Å². The molecule has 0 bridgehead atoms. The fourth-order valence-electron chi connectivity index (χ4n) is 4.10. The van der Waals surface area contributed by atoms with E-state index < -0.39 is 0 Å². The van der Waals surface area contributed by atoms with Gasteiger partial charge in [0.15, 0.2) is 5.82 Å². The van der Waals surface area contributed by atoms with Crippen molar-refractivity contribution in [3.05, 3.63) is 18.2 Å². The fraction of sp³-hybridized carbons (Fsp3) is 0.706. The van der Waals surface area contributed by atoms with Crippen LogP contribution in [0.15, 0.2) is 12.4 Å². The molecule has 2 aromatic rings. The van der Waals surface area contributed by atoms with E-state index in [0.717, 1.165) is 37.0 Å². The minimum Gasteiger partial charge on any atom is -0.322 e. The average molecular weight is 329 g/mol. The number of likely N-dealkylation sites (tertiary alicyclic amines) is 1. The van der Waals surface area contributed by atoms with Gasteiger partial charge in [-0.3, -0.25) is 14.1 Å². The van der Waals surface area contributed by atoms with Gasteiger partial charge in [-0.1, -0.05) is 12.8 Å². The minimum absolute atomic E-state index is 0.384. The smallest absolute Gasteiger partial charge is 0.229 e. The molecule has 1 unspecified atom stereocenters. The Morgan fingerprint density at radius 1 is 1.17 bits per heavy atom. The SMILES string of the molecule is CCn1c(Nc2cnn(C3CCCC3)c2)nnc1C1CCCN1C. The normalized spacial score (nSPS) is 22.5. The highest BCUT2D eigenvalue weighted by molar-refractivity contribution is 5.51. The molecule has 1 atom stereocenters. The summed E-state index contributed by atoms with van der Waals surface area (Å²) in [5.74, 6) is 1.89. The molecule has 7 nitrogen and oxygen atoms in total. The number of aromatic nitrogens is 5. The molecule has 1 saturated carbocycles. The predicted octanol–water partition coefficient (Wildman–Crippen LogP) is 3.12. The van der Waals surface area contributed by atoms with Crippen LogP contribution in [0.5, 0.6) is 0 Å². The number of hydrogen-bond acceptors (Lipinski definition) is 5. The summed E-state index contributed by atoms with van der Waals surface area (Å²) in [6.07, 6.45) is 11.5. The van der Waals surface area contributed by atoms with Crippen LogP contribution in [0.1, 0.15) is 63.4 Å². The van der Waals surface area contributed by atoms with Crippen molar-refractivity contribution in [2.24, 2.45) is 0 Å². The molecule has 24 heavy (non-hydrogen) atoms. The van der Waals surface area contributed by atoms with E-state index in [1.165, 1.54) is 32.1 Å².